The van der Waals surface area contributed by atoms with E-state index in [9.17, 15) is 4.79 Å². The lowest BCUT2D eigenvalue weighted by Gasteiger charge is -1.82. The number of hydrogen-bond acceptors (Lipinski definition) is 3. The van der Waals surface area contributed by atoms with Crippen molar-refractivity contribution in [2.24, 2.45) is 0 Å². The quantitative estimate of drug-likeness (QED) is 0.674. The van der Waals surface area contributed by atoms with E-state index in [2.05, 4.69) is 9.97 Å². The third-order valence-electron chi connectivity index (χ3n) is 1.37. The first kappa shape index (κ1) is 6.36. The topological polar surface area (TPSA) is 66.0 Å². The van der Waals surface area contributed by atoms with E-state index in [4.69, 9.17) is 5.11 Å². The first-order chi connectivity index (χ1) is 5.29. The molecule has 0 spiro atoms. The molecule has 0 aliphatic heterocycles. The smallest absolute Gasteiger partial charge is 0.348 e. The van der Waals surface area contributed by atoms with E-state index in [1.807, 2.05) is 0 Å². The Morgan fingerprint density at radius 3 is 3.27 bits per heavy atom. The fourth-order valence-electron chi connectivity index (χ4n) is 0.900. The first-order valence-corrected chi connectivity index (χ1v) is 3.81. The Bertz CT molecular complexity index is 403. The average molecular weight is 168 g/mol. The number of aromatic carboxylic acids is 1. The summed E-state index contributed by atoms with van der Waals surface area (Å²) in [5, 5.41) is 10.4. The van der Waals surface area contributed by atoms with Crippen LogP contribution in [0.25, 0.3) is 11.0 Å². The van der Waals surface area contributed by atoms with Gasteiger partial charge in [-0.1, -0.05) is 0 Å². The summed E-state index contributed by atoms with van der Waals surface area (Å²) in [4.78, 5) is 17.5. The van der Waals surface area contributed by atoms with Gasteiger partial charge in [-0.2, -0.15) is 0 Å². The minimum atomic E-state index is -0.919. The Hall–Kier alpha value is -1.36. The van der Waals surface area contributed by atoms with E-state index in [0.29, 0.717) is 10.4 Å². The maximum atomic E-state index is 10.5. The van der Waals surface area contributed by atoms with Gasteiger partial charge in [0.25, 0.3) is 0 Å². The molecular formula is C6H4N2O2S. The number of imidazole rings is 1. The van der Waals surface area contributed by atoms with Gasteiger partial charge in [-0.25, -0.2) is 9.78 Å². The van der Waals surface area contributed by atoms with E-state index >= 15 is 0 Å². The molecule has 0 aliphatic carbocycles. The Kier molecular flexibility index (Phi) is 1.19. The molecule has 2 rings (SSSR count). The highest BCUT2D eigenvalue weighted by atomic mass is 32.1. The van der Waals surface area contributed by atoms with Crippen molar-refractivity contribution >= 4 is 28.3 Å². The fraction of sp³-hybridized carbons (Fsp3) is 0. The average Bonchev–Trinajstić information content (AvgIpc) is 2.41. The van der Waals surface area contributed by atoms with Crippen molar-refractivity contribution in [3.8, 4) is 0 Å². The molecule has 0 bridgehead atoms. The minimum absolute atomic E-state index is 0.293. The van der Waals surface area contributed by atoms with Gasteiger partial charge in [0.05, 0.1) is 11.8 Å². The number of thiophene rings is 1. The van der Waals surface area contributed by atoms with Crippen LogP contribution in [0.3, 0.4) is 0 Å². The Balaban J connectivity index is 2.78. The molecule has 2 heterocycles. The van der Waals surface area contributed by atoms with Gasteiger partial charge in [-0.15, -0.1) is 11.3 Å². The molecule has 0 atom stereocenters. The zero-order valence-corrected chi connectivity index (χ0v) is 6.18. The van der Waals surface area contributed by atoms with Crippen LogP contribution in [0, 0.1) is 0 Å². The molecule has 0 saturated heterocycles. The predicted octanol–water partition coefficient (Wildman–Crippen LogP) is 1.32. The van der Waals surface area contributed by atoms with Gasteiger partial charge >= 0.3 is 5.97 Å². The molecule has 4 nitrogen and oxygen atoms in total. The molecule has 0 aromatic carbocycles. The molecule has 0 radical (unpaired) electrons. The highest BCUT2D eigenvalue weighted by molar-refractivity contribution is 7.13. The van der Waals surface area contributed by atoms with Gasteiger partial charge in [0.2, 0.25) is 0 Å². The van der Waals surface area contributed by atoms with Crippen molar-refractivity contribution in [2.45, 2.75) is 0 Å². The summed E-state index contributed by atoms with van der Waals surface area (Å²) >= 11 is 1.18. The molecule has 11 heavy (non-hydrogen) atoms. The standard InChI is InChI=1S/C6H4N2O2S/c9-6(10)5-4-3(1-11-5)7-2-8-4/h1-2H,(H,7,8)(H,9,10). The van der Waals surface area contributed by atoms with E-state index < -0.39 is 5.97 Å². The summed E-state index contributed by atoms with van der Waals surface area (Å²) in [5.74, 6) is -0.919. The molecule has 0 amide bonds. The maximum absolute atomic E-state index is 10.5. The van der Waals surface area contributed by atoms with E-state index in [1.165, 1.54) is 17.7 Å². The van der Waals surface area contributed by atoms with Crippen molar-refractivity contribution in [1.29, 1.82) is 0 Å². The summed E-state index contributed by atoms with van der Waals surface area (Å²) in [6.45, 7) is 0. The summed E-state index contributed by atoms with van der Waals surface area (Å²) in [6, 6.07) is 0. The van der Waals surface area contributed by atoms with Gasteiger partial charge in [-0.05, 0) is 0 Å². The van der Waals surface area contributed by atoms with Crippen molar-refractivity contribution in [3.63, 3.8) is 0 Å². The third kappa shape index (κ3) is 0.813. The normalized spacial score (nSPS) is 10.5. The van der Waals surface area contributed by atoms with Crippen LogP contribution in [0.15, 0.2) is 11.7 Å². The molecule has 5 heteroatoms. The van der Waals surface area contributed by atoms with Crippen molar-refractivity contribution in [1.82, 2.24) is 9.97 Å². The highest BCUT2D eigenvalue weighted by Crippen LogP contribution is 2.21. The van der Waals surface area contributed by atoms with Crippen LogP contribution in [-0.4, -0.2) is 21.0 Å². The summed E-state index contributed by atoms with van der Waals surface area (Å²) in [6.07, 6.45) is 1.49. The van der Waals surface area contributed by atoms with Gasteiger partial charge in [-0.3, -0.25) is 0 Å². The summed E-state index contributed by atoms with van der Waals surface area (Å²) in [7, 11) is 0. The van der Waals surface area contributed by atoms with Crippen LogP contribution in [0.2, 0.25) is 0 Å². The van der Waals surface area contributed by atoms with Gasteiger partial charge in [0, 0.05) is 5.38 Å². The van der Waals surface area contributed by atoms with E-state index in [1.54, 1.807) is 5.38 Å². The maximum Gasteiger partial charge on any atom is 0.348 e. The number of carbonyl (C=O) groups is 1. The van der Waals surface area contributed by atoms with Crippen LogP contribution in [0.5, 0.6) is 0 Å². The SMILES string of the molecule is O=C(O)c1scc2[nH]cnc12. The number of hydrogen-bond donors (Lipinski definition) is 2. The molecule has 56 valence electrons. The number of fused-ring (bicyclic) bond motifs is 1. The lowest BCUT2D eigenvalue weighted by molar-refractivity contribution is 0.0704. The van der Waals surface area contributed by atoms with Crippen LogP contribution in [0.1, 0.15) is 9.67 Å². The molecule has 0 saturated carbocycles. The Morgan fingerprint density at radius 2 is 2.55 bits per heavy atom. The van der Waals surface area contributed by atoms with Crippen molar-refractivity contribution in [2.75, 3.05) is 0 Å². The Labute approximate surface area is 65.5 Å². The molecule has 0 fully saturated rings. The van der Waals surface area contributed by atoms with Crippen molar-refractivity contribution in [3.05, 3.63) is 16.6 Å². The lowest BCUT2D eigenvalue weighted by atomic mass is 10.4. The molecule has 2 aromatic rings. The zero-order valence-electron chi connectivity index (χ0n) is 5.37. The number of aromatic amines is 1. The number of nitrogens with zero attached hydrogens (tertiary/aromatic N) is 1. The second-order valence-corrected chi connectivity index (χ2v) is 2.91. The number of nitrogens with one attached hydrogen (secondary N) is 1. The number of H-pyrrole nitrogens is 1. The largest absolute Gasteiger partial charge is 0.477 e. The highest BCUT2D eigenvalue weighted by Gasteiger charge is 2.12. The number of carboxylic acids is 1. The van der Waals surface area contributed by atoms with Gasteiger partial charge in [0.1, 0.15) is 10.4 Å². The second-order valence-electron chi connectivity index (χ2n) is 2.03. The number of aromatic nitrogens is 2. The number of rotatable bonds is 1. The monoisotopic (exact) mass is 168 g/mol. The van der Waals surface area contributed by atoms with Gasteiger partial charge in [0.15, 0.2) is 0 Å². The molecule has 2 N–H and O–H groups in total. The van der Waals surface area contributed by atoms with E-state index in [-0.39, 0.29) is 0 Å². The summed E-state index contributed by atoms with van der Waals surface area (Å²) in [5.41, 5.74) is 1.33. The minimum Gasteiger partial charge on any atom is -0.477 e. The Morgan fingerprint density at radius 1 is 1.73 bits per heavy atom. The van der Waals surface area contributed by atoms with Crippen LogP contribution in [-0.2, 0) is 0 Å². The van der Waals surface area contributed by atoms with E-state index in [0.717, 1.165) is 5.52 Å². The van der Waals surface area contributed by atoms with Crippen LogP contribution >= 0.6 is 11.3 Å². The first-order valence-electron chi connectivity index (χ1n) is 2.93. The van der Waals surface area contributed by atoms with Crippen LogP contribution < -0.4 is 0 Å². The van der Waals surface area contributed by atoms with Crippen LogP contribution in [0.4, 0.5) is 0 Å². The predicted molar refractivity (Wildman–Crippen MR) is 40.9 cm³/mol. The van der Waals surface area contributed by atoms with Crippen molar-refractivity contribution < 1.29 is 9.90 Å². The number of carboxylic acid groups (broad SMARTS) is 1. The summed E-state index contributed by atoms with van der Waals surface area (Å²) < 4.78 is 0. The molecule has 0 aliphatic rings. The fourth-order valence-corrected chi connectivity index (χ4v) is 1.69. The third-order valence-corrected chi connectivity index (χ3v) is 2.33. The lowest BCUT2D eigenvalue weighted by Crippen LogP contribution is -1.91. The molecular weight excluding hydrogens is 164 g/mol. The second kappa shape index (κ2) is 2.06. The molecule has 2 aromatic heterocycles. The zero-order chi connectivity index (χ0) is 7.84. The van der Waals surface area contributed by atoms with Gasteiger partial charge < -0.3 is 10.1 Å². The molecule has 0 unspecified atom stereocenters.